The molecule has 27 heavy (non-hydrogen) atoms. The largest absolute Gasteiger partial charge is 0.296 e. The molecule has 3 aromatic rings. The summed E-state index contributed by atoms with van der Waals surface area (Å²) >= 11 is 1.11. The predicted molar refractivity (Wildman–Crippen MR) is 97.8 cm³/mol. The van der Waals surface area contributed by atoms with Gasteiger partial charge in [-0.25, -0.2) is 0 Å². The zero-order valence-electron chi connectivity index (χ0n) is 13.8. The van der Waals surface area contributed by atoms with Gasteiger partial charge < -0.3 is 0 Å². The number of aryl methyl sites for hydroxylation is 1. The Bertz CT molecular complexity index is 1060. The van der Waals surface area contributed by atoms with Crippen LogP contribution >= 0.6 is 11.3 Å². The second-order valence-corrected chi connectivity index (χ2v) is 6.37. The summed E-state index contributed by atoms with van der Waals surface area (Å²) in [5.41, 5.74) is 0.397. The van der Waals surface area contributed by atoms with E-state index >= 15 is 0 Å². The van der Waals surface area contributed by atoms with Gasteiger partial charge in [-0.15, -0.1) is 10.2 Å². The zero-order valence-corrected chi connectivity index (χ0v) is 14.6. The highest BCUT2D eigenvalue weighted by Crippen LogP contribution is 2.30. The highest BCUT2D eigenvalue weighted by molar-refractivity contribution is 7.18. The number of carbonyl (C=O) groups excluding carboxylic acids is 1. The van der Waals surface area contributed by atoms with Crippen LogP contribution in [0.5, 0.6) is 0 Å². The third kappa shape index (κ3) is 3.77. The molecule has 1 aromatic heterocycles. The highest BCUT2D eigenvalue weighted by atomic mass is 32.1. The maximum Gasteiger partial charge on any atom is 0.289 e. The van der Waals surface area contributed by atoms with Crippen molar-refractivity contribution in [2.45, 2.75) is 6.92 Å². The molecule has 136 valence electrons. The molecule has 0 bridgehead atoms. The van der Waals surface area contributed by atoms with E-state index in [9.17, 15) is 25.0 Å². The number of nitro groups is 2. The molecule has 0 saturated carbocycles. The Balaban J connectivity index is 1.87. The summed E-state index contributed by atoms with van der Waals surface area (Å²) in [4.78, 5) is 32.7. The van der Waals surface area contributed by atoms with Gasteiger partial charge in [-0.05, 0) is 18.6 Å². The van der Waals surface area contributed by atoms with Crippen LogP contribution in [0.25, 0.3) is 10.6 Å². The number of benzene rings is 2. The number of nitro benzene ring substituents is 2. The van der Waals surface area contributed by atoms with Gasteiger partial charge in [0, 0.05) is 11.6 Å². The molecule has 0 aliphatic heterocycles. The maximum atomic E-state index is 12.4. The Morgan fingerprint density at radius 1 is 1.07 bits per heavy atom. The van der Waals surface area contributed by atoms with Gasteiger partial charge in [0.05, 0.1) is 15.9 Å². The monoisotopic (exact) mass is 385 g/mol. The fraction of sp³-hybridized carbons (Fsp3) is 0.0625. The van der Waals surface area contributed by atoms with E-state index in [4.69, 9.17) is 0 Å². The minimum absolute atomic E-state index is 0.158. The Kier molecular flexibility index (Phi) is 4.86. The molecule has 0 fully saturated rings. The van der Waals surface area contributed by atoms with Crippen molar-refractivity contribution < 1.29 is 14.6 Å². The Morgan fingerprint density at radius 2 is 1.81 bits per heavy atom. The molecule has 2 aromatic carbocycles. The Morgan fingerprint density at radius 3 is 2.48 bits per heavy atom. The number of aromatic nitrogens is 2. The third-order valence-corrected chi connectivity index (χ3v) is 4.53. The molecule has 0 atom stereocenters. The van der Waals surface area contributed by atoms with Crippen LogP contribution in [0.2, 0.25) is 0 Å². The lowest BCUT2D eigenvalue weighted by Crippen LogP contribution is -2.14. The first-order valence-corrected chi connectivity index (χ1v) is 8.32. The van der Waals surface area contributed by atoms with E-state index in [1.54, 1.807) is 0 Å². The number of carbonyl (C=O) groups is 1. The van der Waals surface area contributed by atoms with Gasteiger partial charge in [0.2, 0.25) is 5.13 Å². The van der Waals surface area contributed by atoms with Crippen molar-refractivity contribution in [3.8, 4) is 10.6 Å². The number of nitrogens with one attached hydrogen (secondary N) is 1. The standard InChI is InChI=1S/C16H11N5O5S/c1-9-4-2-3-5-11(9)15-18-19-16(27-15)17-14(22)12-7-6-10(20(23)24)8-13(12)21(25)26/h2-8H,1H3,(H,17,19,22). The van der Waals surface area contributed by atoms with Gasteiger partial charge in [0.25, 0.3) is 17.3 Å². The Hall–Kier alpha value is -3.73. The van der Waals surface area contributed by atoms with Gasteiger partial charge in [0.15, 0.2) is 0 Å². The average molecular weight is 385 g/mol. The summed E-state index contributed by atoms with van der Waals surface area (Å²) in [6.07, 6.45) is 0. The fourth-order valence-electron chi connectivity index (χ4n) is 2.34. The molecule has 1 N–H and O–H groups in total. The van der Waals surface area contributed by atoms with Crippen molar-refractivity contribution in [1.82, 2.24) is 10.2 Å². The number of nitrogens with zero attached hydrogens (tertiary/aromatic N) is 4. The van der Waals surface area contributed by atoms with E-state index in [0.717, 1.165) is 40.7 Å². The van der Waals surface area contributed by atoms with Gasteiger partial charge in [-0.3, -0.25) is 30.3 Å². The lowest BCUT2D eigenvalue weighted by Gasteiger charge is -2.02. The molecule has 0 aliphatic rings. The first kappa shape index (κ1) is 18.1. The number of non-ortho nitro benzene ring substituents is 1. The van der Waals surface area contributed by atoms with Crippen molar-refractivity contribution in [3.63, 3.8) is 0 Å². The van der Waals surface area contributed by atoms with Crippen LogP contribution < -0.4 is 5.32 Å². The van der Waals surface area contributed by atoms with Gasteiger partial charge in [0.1, 0.15) is 10.6 Å². The molecule has 1 heterocycles. The number of hydrogen-bond donors (Lipinski definition) is 1. The van der Waals surface area contributed by atoms with Gasteiger partial charge >= 0.3 is 0 Å². The Labute approximate surface area is 155 Å². The highest BCUT2D eigenvalue weighted by Gasteiger charge is 2.25. The van der Waals surface area contributed by atoms with E-state index in [2.05, 4.69) is 15.5 Å². The second-order valence-electron chi connectivity index (χ2n) is 5.40. The summed E-state index contributed by atoms with van der Waals surface area (Å²) in [5.74, 6) is -0.802. The van der Waals surface area contributed by atoms with E-state index in [-0.39, 0.29) is 10.7 Å². The molecule has 0 spiro atoms. The van der Waals surface area contributed by atoms with Crippen molar-refractivity contribution in [3.05, 3.63) is 73.8 Å². The smallest absolute Gasteiger partial charge is 0.289 e. The summed E-state index contributed by atoms with van der Waals surface area (Å²) in [6, 6.07) is 10.3. The molecule has 11 heteroatoms. The average Bonchev–Trinajstić information content (AvgIpc) is 3.09. The number of anilines is 1. The molecule has 1 amide bonds. The van der Waals surface area contributed by atoms with E-state index in [0.29, 0.717) is 5.01 Å². The molecular weight excluding hydrogens is 374 g/mol. The fourth-order valence-corrected chi connectivity index (χ4v) is 3.17. The maximum absolute atomic E-state index is 12.4. The number of rotatable bonds is 5. The van der Waals surface area contributed by atoms with E-state index < -0.39 is 27.1 Å². The van der Waals surface area contributed by atoms with Gasteiger partial charge in [-0.2, -0.15) is 0 Å². The molecule has 0 aliphatic carbocycles. The van der Waals surface area contributed by atoms with Crippen LogP contribution in [0.3, 0.4) is 0 Å². The molecule has 0 unspecified atom stereocenters. The topological polar surface area (TPSA) is 141 Å². The van der Waals surface area contributed by atoms with Crippen LogP contribution in [0.1, 0.15) is 15.9 Å². The van der Waals surface area contributed by atoms with Crippen LogP contribution in [-0.2, 0) is 0 Å². The molecular formula is C16H11N5O5S. The summed E-state index contributed by atoms with van der Waals surface area (Å²) in [6.45, 7) is 1.91. The van der Waals surface area contributed by atoms with Gasteiger partial charge in [-0.1, -0.05) is 35.6 Å². The van der Waals surface area contributed by atoms with Crippen molar-refractivity contribution in [2.24, 2.45) is 0 Å². The predicted octanol–water partition coefficient (Wildman–Crippen LogP) is 3.58. The van der Waals surface area contributed by atoms with E-state index in [1.807, 2.05) is 31.2 Å². The zero-order chi connectivity index (χ0) is 19.6. The SMILES string of the molecule is Cc1ccccc1-c1nnc(NC(=O)c2ccc([N+](=O)[O-])cc2[N+](=O)[O-])s1. The lowest BCUT2D eigenvalue weighted by atomic mass is 10.1. The van der Waals surface area contributed by atoms with Crippen molar-refractivity contribution in [1.29, 1.82) is 0 Å². The van der Waals surface area contributed by atoms with Crippen LogP contribution in [0.15, 0.2) is 42.5 Å². The van der Waals surface area contributed by atoms with Crippen molar-refractivity contribution in [2.75, 3.05) is 5.32 Å². The summed E-state index contributed by atoms with van der Waals surface area (Å²) < 4.78 is 0. The molecule has 3 rings (SSSR count). The molecule has 0 saturated heterocycles. The van der Waals surface area contributed by atoms with Crippen LogP contribution in [-0.4, -0.2) is 26.0 Å². The van der Waals surface area contributed by atoms with Crippen LogP contribution in [0, 0.1) is 27.2 Å². The van der Waals surface area contributed by atoms with Crippen molar-refractivity contribution >= 4 is 33.8 Å². The lowest BCUT2D eigenvalue weighted by molar-refractivity contribution is -0.394. The minimum Gasteiger partial charge on any atom is -0.296 e. The normalized spacial score (nSPS) is 10.4. The quantitative estimate of drug-likeness (QED) is 0.522. The second kappa shape index (κ2) is 7.25. The third-order valence-electron chi connectivity index (χ3n) is 3.65. The number of hydrogen-bond acceptors (Lipinski definition) is 8. The van der Waals surface area contributed by atoms with E-state index in [1.165, 1.54) is 0 Å². The first-order valence-electron chi connectivity index (χ1n) is 7.50. The van der Waals surface area contributed by atoms with Crippen LogP contribution in [0.4, 0.5) is 16.5 Å². The number of amides is 1. The summed E-state index contributed by atoms with van der Waals surface area (Å²) in [7, 11) is 0. The summed E-state index contributed by atoms with van der Waals surface area (Å²) in [5, 5.41) is 33.0. The molecule has 10 nitrogen and oxygen atoms in total. The minimum atomic E-state index is -0.846. The first-order chi connectivity index (χ1) is 12.9. The molecule has 0 radical (unpaired) electrons.